The molecule has 0 aliphatic heterocycles. The molecule has 5 heteroatoms. The Morgan fingerprint density at radius 1 is 1.12 bits per heavy atom. The number of aromatic nitrogens is 3. The smallest absolute Gasteiger partial charge is 0.223 e. The van der Waals surface area contributed by atoms with Crippen molar-refractivity contribution in [2.75, 3.05) is 7.05 Å². The monoisotopic (exact) mass is 334 g/mol. The molecule has 3 aromatic rings. The minimum absolute atomic E-state index is 0.0214. The van der Waals surface area contributed by atoms with Gasteiger partial charge in [-0.15, -0.1) is 0 Å². The summed E-state index contributed by atoms with van der Waals surface area (Å²) in [6, 6.07) is 18.2. The third-order valence-electron chi connectivity index (χ3n) is 4.50. The molecule has 1 atom stereocenters. The van der Waals surface area contributed by atoms with Gasteiger partial charge in [-0.05, 0) is 36.6 Å². The zero-order valence-corrected chi connectivity index (χ0v) is 14.5. The summed E-state index contributed by atoms with van der Waals surface area (Å²) in [4.78, 5) is 18.3. The van der Waals surface area contributed by atoms with Gasteiger partial charge in [0.05, 0.1) is 11.7 Å². The maximum atomic E-state index is 12.5. The number of nitrogens with zero attached hydrogens (tertiary/aromatic N) is 4. The molecule has 128 valence electrons. The highest BCUT2D eigenvalue weighted by atomic mass is 16.2. The van der Waals surface area contributed by atoms with Gasteiger partial charge < -0.3 is 4.90 Å². The van der Waals surface area contributed by atoms with Crippen molar-refractivity contribution in [1.29, 1.82) is 0 Å². The Kier molecular flexibility index (Phi) is 5.23. The van der Waals surface area contributed by atoms with Gasteiger partial charge in [0.2, 0.25) is 5.91 Å². The van der Waals surface area contributed by atoms with Crippen LogP contribution in [0.5, 0.6) is 0 Å². The topological polar surface area (TPSA) is 51.0 Å². The lowest BCUT2D eigenvalue weighted by Crippen LogP contribution is -2.29. The Labute approximate surface area is 147 Å². The van der Waals surface area contributed by atoms with Crippen molar-refractivity contribution in [3.05, 3.63) is 78.4 Å². The first kappa shape index (κ1) is 16.9. The molecule has 1 aromatic heterocycles. The second kappa shape index (κ2) is 7.75. The van der Waals surface area contributed by atoms with Gasteiger partial charge in [0, 0.05) is 13.5 Å². The number of hydrogen-bond acceptors (Lipinski definition) is 3. The van der Waals surface area contributed by atoms with E-state index in [9.17, 15) is 4.79 Å². The first-order chi connectivity index (χ1) is 12.1. The van der Waals surface area contributed by atoms with Crippen LogP contribution in [0.2, 0.25) is 0 Å². The van der Waals surface area contributed by atoms with E-state index in [4.69, 9.17) is 0 Å². The van der Waals surface area contributed by atoms with E-state index in [1.165, 1.54) is 11.9 Å². The molecule has 1 heterocycles. The normalized spacial score (nSPS) is 11.9. The molecule has 0 aliphatic carbocycles. The van der Waals surface area contributed by atoms with Crippen LogP contribution in [0.25, 0.3) is 5.69 Å². The van der Waals surface area contributed by atoms with Gasteiger partial charge in [-0.2, -0.15) is 5.10 Å². The minimum atomic E-state index is 0.0214. The molecule has 0 saturated heterocycles. The lowest BCUT2D eigenvalue weighted by Gasteiger charge is -2.25. The van der Waals surface area contributed by atoms with Crippen molar-refractivity contribution < 1.29 is 4.79 Å². The van der Waals surface area contributed by atoms with Crippen molar-refractivity contribution in [2.45, 2.75) is 25.8 Å². The zero-order valence-electron chi connectivity index (χ0n) is 14.5. The molecule has 0 radical (unpaired) electrons. The summed E-state index contributed by atoms with van der Waals surface area (Å²) in [7, 11) is 1.86. The van der Waals surface area contributed by atoms with Crippen molar-refractivity contribution in [1.82, 2.24) is 19.7 Å². The van der Waals surface area contributed by atoms with E-state index in [-0.39, 0.29) is 11.9 Å². The van der Waals surface area contributed by atoms with Crippen molar-refractivity contribution in [3.63, 3.8) is 0 Å². The van der Waals surface area contributed by atoms with Crippen LogP contribution in [0, 0.1) is 0 Å². The van der Waals surface area contributed by atoms with E-state index in [1.54, 1.807) is 11.0 Å². The molecule has 0 unspecified atom stereocenters. The third kappa shape index (κ3) is 4.12. The van der Waals surface area contributed by atoms with Crippen molar-refractivity contribution in [3.8, 4) is 5.69 Å². The fourth-order valence-corrected chi connectivity index (χ4v) is 2.76. The number of carbonyl (C=O) groups is 1. The first-order valence-electron chi connectivity index (χ1n) is 8.39. The van der Waals surface area contributed by atoms with Crippen LogP contribution in [0.3, 0.4) is 0 Å². The van der Waals surface area contributed by atoms with Gasteiger partial charge in [0.25, 0.3) is 0 Å². The number of rotatable bonds is 6. The van der Waals surface area contributed by atoms with Crippen LogP contribution >= 0.6 is 0 Å². The predicted molar refractivity (Wildman–Crippen MR) is 97.3 cm³/mol. The van der Waals surface area contributed by atoms with Crippen LogP contribution in [-0.2, 0) is 11.2 Å². The number of carbonyl (C=O) groups excluding carboxylic acids is 1. The lowest BCUT2D eigenvalue weighted by molar-refractivity contribution is -0.131. The van der Waals surface area contributed by atoms with Crippen LogP contribution in [-0.4, -0.2) is 32.6 Å². The highest BCUT2D eigenvalue weighted by molar-refractivity contribution is 5.76. The minimum Gasteiger partial charge on any atom is -0.339 e. The molecule has 0 saturated carbocycles. The van der Waals surface area contributed by atoms with Crippen LogP contribution in [0.1, 0.15) is 30.5 Å². The van der Waals surface area contributed by atoms with Crippen molar-refractivity contribution >= 4 is 5.91 Å². The van der Waals surface area contributed by atoms with E-state index in [2.05, 4.69) is 22.2 Å². The Balaban J connectivity index is 1.61. The van der Waals surface area contributed by atoms with Gasteiger partial charge in [0.1, 0.15) is 12.7 Å². The molecule has 5 nitrogen and oxygen atoms in total. The summed E-state index contributed by atoms with van der Waals surface area (Å²) < 4.78 is 1.71. The van der Waals surface area contributed by atoms with E-state index in [1.807, 2.05) is 61.3 Å². The maximum absolute atomic E-state index is 12.5. The molecule has 0 spiro atoms. The molecule has 0 fully saturated rings. The Morgan fingerprint density at radius 2 is 1.84 bits per heavy atom. The Hall–Kier alpha value is -2.95. The molecule has 25 heavy (non-hydrogen) atoms. The molecule has 0 bridgehead atoms. The molecular formula is C20H22N4O. The number of benzene rings is 2. The quantitative estimate of drug-likeness (QED) is 0.694. The zero-order chi connectivity index (χ0) is 17.6. The Morgan fingerprint density at radius 3 is 2.48 bits per heavy atom. The highest BCUT2D eigenvalue weighted by Crippen LogP contribution is 2.21. The van der Waals surface area contributed by atoms with Gasteiger partial charge in [-0.1, -0.05) is 42.5 Å². The van der Waals surface area contributed by atoms with E-state index >= 15 is 0 Å². The second-order valence-electron chi connectivity index (χ2n) is 6.10. The maximum Gasteiger partial charge on any atom is 0.223 e. The van der Waals surface area contributed by atoms with Gasteiger partial charge in [0.15, 0.2) is 0 Å². The third-order valence-corrected chi connectivity index (χ3v) is 4.50. The fraction of sp³-hybridized carbons (Fsp3) is 0.250. The lowest BCUT2D eigenvalue weighted by atomic mass is 10.1. The molecule has 3 rings (SSSR count). The van der Waals surface area contributed by atoms with Crippen LogP contribution in [0.15, 0.2) is 67.3 Å². The second-order valence-corrected chi connectivity index (χ2v) is 6.10. The number of amides is 1. The SMILES string of the molecule is C[C@H](c1ccc(-n2cncn2)cc1)N(C)C(=O)CCc1ccccc1. The molecule has 0 N–H and O–H groups in total. The number of hydrogen-bond donors (Lipinski definition) is 0. The van der Waals surface area contributed by atoms with Gasteiger partial charge in [-0.3, -0.25) is 4.79 Å². The first-order valence-corrected chi connectivity index (χ1v) is 8.39. The van der Waals surface area contributed by atoms with E-state index < -0.39 is 0 Å². The Bertz CT molecular complexity index is 797. The molecular weight excluding hydrogens is 312 g/mol. The summed E-state index contributed by atoms with van der Waals surface area (Å²) in [6.45, 7) is 2.05. The van der Waals surface area contributed by atoms with Crippen LogP contribution < -0.4 is 0 Å². The summed E-state index contributed by atoms with van der Waals surface area (Å²) in [6.07, 6.45) is 4.46. The fourth-order valence-electron chi connectivity index (χ4n) is 2.76. The van der Waals surface area contributed by atoms with Gasteiger partial charge >= 0.3 is 0 Å². The molecule has 2 aromatic carbocycles. The van der Waals surface area contributed by atoms with E-state index in [0.717, 1.165) is 17.7 Å². The predicted octanol–water partition coefficient (Wildman–Crippen LogP) is 3.42. The average Bonchev–Trinajstić information content (AvgIpc) is 3.20. The van der Waals surface area contributed by atoms with Gasteiger partial charge in [-0.25, -0.2) is 9.67 Å². The summed E-state index contributed by atoms with van der Waals surface area (Å²) in [5.74, 6) is 0.150. The average molecular weight is 334 g/mol. The standard InChI is InChI=1S/C20H22N4O/c1-16(18-9-11-19(12-10-18)24-15-21-14-22-24)23(2)20(25)13-8-17-6-4-3-5-7-17/h3-7,9-12,14-16H,8,13H2,1-2H3/t16-/m1/s1. The largest absolute Gasteiger partial charge is 0.339 e. The van der Waals surface area contributed by atoms with E-state index in [0.29, 0.717) is 6.42 Å². The molecule has 1 amide bonds. The summed E-state index contributed by atoms with van der Waals surface area (Å²) >= 11 is 0. The summed E-state index contributed by atoms with van der Waals surface area (Å²) in [5, 5.41) is 4.12. The summed E-state index contributed by atoms with van der Waals surface area (Å²) in [5.41, 5.74) is 3.24. The molecule has 0 aliphatic rings. The number of aryl methyl sites for hydroxylation is 1. The van der Waals surface area contributed by atoms with Crippen molar-refractivity contribution in [2.24, 2.45) is 0 Å². The highest BCUT2D eigenvalue weighted by Gasteiger charge is 2.17. The van der Waals surface area contributed by atoms with Crippen LogP contribution in [0.4, 0.5) is 0 Å².